The lowest BCUT2D eigenvalue weighted by Gasteiger charge is -2.14. The number of amides is 1. The van der Waals surface area contributed by atoms with Gasteiger partial charge in [-0.25, -0.2) is 0 Å². The van der Waals surface area contributed by atoms with Gasteiger partial charge in [-0.05, 0) is 24.3 Å². The van der Waals surface area contributed by atoms with Crippen molar-refractivity contribution in [2.45, 2.75) is 6.10 Å². The first kappa shape index (κ1) is 15.4. The molecule has 0 radical (unpaired) electrons. The third-order valence-corrected chi connectivity index (χ3v) is 3.34. The molecule has 1 amide bonds. The van der Waals surface area contributed by atoms with Gasteiger partial charge in [0, 0.05) is 23.2 Å². The van der Waals surface area contributed by atoms with Crippen molar-refractivity contribution in [2.75, 3.05) is 13.7 Å². The molecule has 1 atom stereocenters. The van der Waals surface area contributed by atoms with Crippen LogP contribution < -0.4 is 10.1 Å². The second-order valence-electron chi connectivity index (χ2n) is 4.46. The van der Waals surface area contributed by atoms with Crippen LogP contribution in [0.2, 0.25) is 5.02 Å². The number of carbonyl (C=O) groups excluding carboxylic acids is 1. The zero-order valence-corrected chi connectivity index (χ0v) is 12.3. The zero-order chi connectivity index (χ0) is 15.2. The van der Waals surface area contributed by atoms with Crippen molar-refractivity contribution < 1.29 is 14.6 Å². The van der Waals surface area contributed by atoms with Gasteiger partial charge in [-0.1, -0.05) is 35.9 Å². The van der Waals surface area contributed by atoms with Crippen LogP contribution in [0, 0.1) is 0 Å². The smallest absolute Gasteiger partial charge is 0.251 e. The highest BCUT2D eigenvalue weighted by atomic mass is 35.5. The molecule has 110 valence electrons. The summed E-state index contributed by atoms with van der Waals surface area (Å²) in [7, 11) is 1.57. The molecule has 0 bridgehead atoms. The minimum atomic E-state index is -0.831. The lowest BCUT2D eigenvalue weighted by Crippen LogP contribution is -2.17. The molecule has 0 heterocycles. The molecule has 4 nitrogen and oxygen atoms in total. The van der Waals surface area contributed by atoms with E-state index in [2.05, 4.69) is 5.32 Å². The Hall–Kier alpha value is -2.04. The molecule has 5 heteroatoms. The molecule has 0 aliphatic heterocycles. The Morgan fingerprint density at radius 1 is 1.29 bits per heavy atom. The average Bonchev–Trinajstić information content (AvgIpc) is 2.52. The number of rotatable bonds is 5. The molecule has 0 aliphatic rings. The topological polar surface area (TPSA) is 58.6 Å². The summed E-state index contributed by atoms with van der Waals surface area (Å²) in [5.41, 5.74) is 1.11. The van der Waals surface area contributed by atoms with Crippen LogP contribution in [0.5, 0.6) is 5.75 Å². The number of ether oxygens (including phenoxy) is 1. The monoisotopic (exact) mass is 305 g/mol. The van der Waals surface area contributed by atoms with Crippen LogP contribution in [0.25, 0.3) is 0 Å². The maximum absolute atomic E-state index is 11.5. The Morgan fingerprint density at radius 2 is 2.05 bits per heavy atom. The molecule has 2 rings (SSSR count). The molecule has 0 saturated carbocycles. The SMILES string of the molecule is CNC(=O)c1cccc(OCC(O)c2ccccc2Cl)c1. The molecule has 0 aromatic heterocycles. The van der Waals surface area contributed by atoms with Crippen molar-refractivity contribution in [1.82, 2.24) is 5.32 Å². The maximum atomic E-state index is 11.5. The lowest BCUT2D eigenvalue weighted by atomic mass is 10.1. The Labute approximate surface area is 128 Å². The molecule has 21 heavy (non-hydrogen) atoms. The third-order valence-electron chi connectivity index (χ3n) is 3.00. The predicted octanol–water partition coefficient (Wildman–Crippen LogP) is 2.81. The number of carbonyl (C=O) groups is 1. The average molecular weight is 306 g/mol. The van der Waals surface area contributed by atoms with Crippen molar-refractivity contribution in [3.63, 3.8) is 0 Å². The van der Waals surface area contributed by atoms with Gasteiger partial charge < -0.3 is 15.2 Å². The Kier molecular flexibility index (Phi) is 5.20. The number of hydrogen-bond acceptors (Lipinski definition) is 3. The minimum absolute atomic E-state index is 0.0565. The summed E-state index contributed by atoms with van der Waals surface area (Å²) < 4.78 is 5.52. The molecular formula is C16H16ClNO3. The highest BCUT2D eigenvalue weighted by Crippen LogP contribution is 2.23. The fourth-order valence-electron chi connectivity index (χ4n) is 1.88. The summed E-state index contributed by atoms with van der Waals surface area (Å²) in [5.74, 6) is 0.328. The van der Waals surface area contributed by atoms with E-state index in [4.69, 9.17) is 16.3 Å². The van der Waals surface area contributed by atoms with Crippen molar-refractivity contribution in [3.05, 3.63) is 64.7 Å². The van der Waals surface area contributed by atoms with E-state index in [1.54, 1.807) is 55.6 Å². The van der Waals surface area contributed by atoms with Gasteiger partial charge in [0.05, 0.1) is 0 Å². The number of aliphatic hydroxyl groups excluding tert-OH is 1. The lowest BCUT2D eigenvalue weighted by molar-refractivity contribution is 0.0961. The van der Waals surface area contributed by atoms with Crippen molar-refractivity contribution in [1.29, 1.82) is 0 Å². The van der Waals surface area contributed by atoms with E-state index in [1.807, 2.05) is 0 Å². The molecular weight excluding hydrogens is 290 g/mol. The fourth-order valence-corrected chi connectivity index (χ4v) is 2.14. The number of hydrogen-bond donors (Lipinski definition) is 2. The van der Waals surface area contributed by atoms with Crippen molar-refractivity contribution in [3.8, 4) is 5.75 Å². The van der Waals surface area contributed by atoms with Gasteiger partial charge in [-0.15, -0.1) is 0 Å². The summed E-state index contributed by atoms with van der Waals surface area (Å²) in [6, 6.07) is 13.8. The molecule has 0 aliphatic carbocycles. The van der Waals surface area contributed by atoms with Crippen LogP contribution >= 0.6 is 11.6 Å². The Balaban J connectivity index is 2.03. The molecule has 1 unspecified atom stereocenters. The van der Waals surface area contributed by atoms with Crippen molar-refractivity contribution >= 4 is 17.5 Å². The maximum Gasteiger partial charge on any atom is 0.251 e. The van der Waals surface area contributed by atoms with Crippen LogP contribution in [0.1, 0.15) is 22.0 Å². The predicted molar refractivity (Wildman–Crippen MR) is 81.7 cm³/mol. The molecule has 2 aromatic carbocycles. The number of nitrogens with one attached hydrogen (secondary N) is 1. The molecule has 2 aromatic rings. The van der Waals surface area contributed by atoms with E-state index in [0.29, 0.717) is 21.9 Å². The molecule has 2 N–H and O–H groups in total. The standard InChI is InChI=1S/C16H16ClNO3/c1-18-16(20)11-5-4-6-12(9-11)21-10-15(19)13-7-2-3-8-14(13)17/h2-9,15,19H,10H2,1H3,(H,18,20). The zero-order valence-electron chi connectivity index (χ0n) is 11.5. The van der Waals surface area contributed by atoms with Gasteiger partial charge in [0.1, 0.15) is 18.5 Å². The van der Waals surface area contributed by atoms with Crippen LogP contribution in [-0.2, 0) is 0 Å². The highest BCUT2D eigenvalue weighted by Gasteiger charge is 2.12. The summed E-state index contributed by atoms with van der Waals surface area (Å²) in [6.45, 7) is 0.0565. The number of halogens is 1. The quantitative estimate of drug-likeness (QED) is 0.893. The first-order valence-electron chi connectivity index (χ1n) is 6.49. The van der Waals surface area contributed by atoms with Crippen LogP contribution in [0.4, 0.5) is 0 Å². The van der Waals surface area contributed by atoms with Gasteiger partial charge in [-0.2, -0.15) is 0 Å². The van der Waals surface area contributed by atoms with E-state index < -0.39 is 6.10 Å². The summed E-state index contributed by atoms with van der Waals surface area (Å²) in [4.78, 5) is 11.5. The van der Waals surface area contributed by atoms with Gasteiger partial charge in [0.15, 0.2) is 0 Å². The highest BCUT2D eigenvalue weighted by molar-refractivity contribution is 6.31. The van der Waals surface area contributed by atoms with E-state index in [-0.39, 0.29) is 12.5 Å². The number of aliphatic hydroxyl groups is 1. The first-order valence-corrected chi connectivity index (χ1v) is 6.87. The fraction of sp³-hybridized carbons (Fsp3) is 0.188. The molecule has 0 fully saturated rings. The molecule has 0 spiro atoms. The van der Waals surface area contributed by atoms with Crippen LogP contribution in [0.3, 0.4) is 0 Å². The van der Waals surface area contributed by atoms with Gasteiger partial charge in [-0.3, -0.25) is 4.79 Å². The Bertz CT molecular complexity index is 630. The van der Waals surface area contributed by atoms with E-state index in [1.165, 1.54) is 0 Å². The second-order valence-corrected chi connectivity index (χ2v) is 4.86. The Morgan fingerprint density at radius 3 is 2.76 bits per heavy atom. The summed E-state index contributed by atoms with van der Waals surface area (Å²) in [5, 5.41) is 13.1. The van der Waals surface area contributed by atoms with Gasteiger partial charge in [0.2, 0.25) is 0 Å². The third kappa shape index (κ3) is 3.97. The van der Waals surface area contributed by atoms with E-state index >= 15 is 0 Å². The van der Waals surface area contributed by atoms with E-state index in [9.17, 15) is 9.90 Å². The first-order chi connectivity index (χ1) is 10.1. The van der Waals surface area contributed by atoms with Gasteiger partial charge in [0.25, 0.3) is 5.91 Å². The van der Waals surface area contributed by atoms with Crippen LogP contribution in [0.15, 0.2) is 48.5 Å². The summed E-state index contributed by atoms with van der Waals surface area (Å²) >= 11 is 6.02. The number of benzene rings is 2. The normalized spacial score (nSPS) is 11.8. The van der Waals surface area contributed by atoms with Crippen LogP contribution in [-0.4, -0.2) is 24.7 Å². The van der Waals surface area contributed by atoms with Crippen molar-refractivity contribution in [2.24, 2.45) is 0 Å². The van der Waals surface area contributed by atoms with Gasteiger partial charge >= 0.3 is 0 Å². The second kappa shape index (κ2) is 7.11. The minimum Gasteiger partial charge on any atom is -0.491 e. The van der Waals surface area contributed by atoms with E-state index in [0.717, 1.165) is 0 Å². The largest absolute Gasteiger partial charge is 0.491 e. The molecule has 0 saturated heterocycles. The summed E-state index contributed by atoms with van der Waals surface area (Å²) in [6.07, 6.45) is -0.831.